The van der Waals surface area contributed by atoms with Crippen LogP contribution in [0, 0.1) is 0 Å². The van der Waals surface area contributed by atoms with Crippen LogP contribution in [0.5, 0.6) is 0 Å². The molecule has 1 N–H and O–H groups in total. The molecular weight excluding hydrogens is 303 g/mol. The Morgan fingerprint density at radius 3 is 2.25 bits per heavy atom. The van der Waals surface area contributed by atoms with Crippen LogP contribution < -0.4 is 5.48 Å². The van der Waals surface area contributed by atoms with Gasteiger partial charge in [0.15, 0.2) is 5.75 Å². The summed E-state index contributed by atoms with van der Waals surface area (Å²) in [6.07, 6.45) is -4.46. The lowest BCUT2D eigenvalue weighted by Gasteiger charge is -2.08. The van der Waals surface area contributed by atoms with Crippen molar-refractivity contribution in [2.75, 3.05) is 5.75 Å². The van der Waals surface area contributed by atoms with E-state index in [0.717, 1.165) is 0 Å². The van der Waals surface area contributed by atoms with Gasteiger partial charge in [-0.15, -0.1) is 4.28 Å². The third kappa shape index (κ3) is 5.36. The fraction of sp³-hybridized carbons (Fsp3) is 0.200. The van der Waals surface area contributed by atoms with Crippen molar-refractivity contribution in [3.8, 4) is 0 Å². The molecule has 0 saturated carbocycles. The molecule has 0 saturated heterocycles. The minimum absolute atomic E-state index is 0.0854. The number of alkyl halides is 3. The topological polar surface area (TPSA) is 89.5 Å². The van der Waals surface area contributed by atoms with Crippen LogP contribution in [0.4, 0.5) is 13.2 Å². The maximum atomic E-state index is 11.9. The summed E-state index contributed by atoms with van der Waals surface area (Å²) in [4.78, 5) is 21.8. The lowest BCUT2D eigenvalue weighted by molar-refractivity contribution is -0.107. The van der Waals surface area contributed by atoms with Gasteiger partial charge in [-0.25, -0.2) is 5.48 Å². The highest BCUT2D eigenvalue weighted by atomic mass is 32.2. The molecule has 0 bridgehead atoms. The molecule has 1 rings (SSSR count). The van der Waals surface area contributed by atoms with Gasteiger partial charge in [0.1, 0.15) is 6.29 Å². The summed E-state index contributed by atoms with van der Waals surface area (Å²) >= 11 is 0. The molecule has 110 valence electrons. The maximum Gasteiger partial charge on any atom is 0.405 e. The van der Waals surface area contributed by atoms with E-state index in [2.05, 4.69) is 4.28 Å². The number of aldehydes is 1. The molecule has 1 amide bonds. The number of carbonyl (C=O) groups is 2. The van der Waals surface area contributed by atoms with Crippen molar-refractivity contribution in [1.82, 2.24) is 5.48 Å². The summed E-state index contributed by atoms with van der Waals surface area (Å²) in [6, 6.07) is 4.90. The number of nitrogens with one attached hydrogen (secondary N) is 1. The highest BCUT2D eigenvalue weighted by Gasteiger charge is 2.36. The third-order valence-electron chi connectivity index (χ3n) is 1.91. The number of rotatable bonds is 5. The van der Waals surface area contributed by atoms with Gasteiger partial charge in [0.2, 0.25) is 0 Å². The first kappa shape index (κ1) is 16.1. The Labute approximate surface area is 111 Å². The molecule has 1 aromatic rings. The number of hydroxylamine groups is 1. The molecular formula is C10H8F3NO5S. The Bertz CT molecular complexity index is 594. The molecule has 0 aromatic heterocycles. The van der Waals surface area contributed by atoms with Gasteiger partial charge in [-0.3, -0.25) is 9.59 Å². The molecule has 0 spiro atoms. The molecule has 10 heteroatoms. The second kappa shape index (κ2) is 6.01. The fourth-order valence-electron chi connectivity index (χ4n) is 1.10. The van der Waals surface area contributed by atoms with E-state index < -0.39 is 28.0 Å². The summed E-state index contributed by atoms with van der Waals surface area (Å²) in [5.74, 6) is -3.28. The molecule has 0 radical (unpaired) electrons. The molecule has 20 heavy (non-hydrogen) atoms. The highest BCUT2D eigenvalue weighted by molar-refractivity contribution is 7.86. The highest BCUT2D eigenvalue weighted by Crippen LogP contribution is 2.17. The predicted molar refractivity (Wildman–Crippen MR) is 60.2 cm³/mol. The first-order valence-electron chi connectivity index (χ1n) is 4.96. The monoisotopic (exact) mass is 311 g/mol. The van der Waals surface area contributed by atoms with Crippen LogP contribution in [0.3, 0.4) is 0 Å². The van der Waals surface area contributed by atoms with Crippen LogP contribution in [-0.4, -0.2) is 32.5 Å². The van der Waals surface area contributed by atoms with E-state index >= 15 is 0 Å². The zero-order chi connectivity index (χ0) is 15.4. The van der Waals surface area contributed by atoms with E-state index in [1.54, 1.807) is 0 Å². The van der Waals surface area contributed by atoms with Gasteiger partial charge in [-0.1, -0.05) is 12.1 Å². The van der Waals surface area contributed by atoms with Crippen molar-refractivity contribution in [3.63, 3.8) is 0 Å². The van der Waals surface area contributed by atoms with Crippen LogP contribution in [-0.2, 0) is 14.4 Å². The van der Waals surface area contributed by atoms with Gasteiger partial charge in [0.05, 0.1) is 0 Å². The molecule has 0 aliphatic rings. The second-order valence-corrected chi connectivity index (χ2v) is 5.14. The Morgan fingerprint density at radius 1 is 1.25 bits per heavy atom. The largest absolute Gasteiger partial charge is 0.405 e. The molecule has 0 aliphatic heterocycles. The Morgan fingerprint density at radius 2 is 1.80 bits per heavy atom. The standard InChI is InChI=1S/C10H8F3NO5S/c11-10(12,13)6-20(17,18)19-14-9(16)8-3-1-7(5-15)2-4-8/h1-5H,6H2,(H,14,16). The van der Waals surface area contributed by atoms with Gasteiger partial charge in [0.25, 0.3) is 16.0 Å². The lowest BCUT2D eigenvalue weighted by atomic mass is 10.1. The smallest absolute Gasteiger partial charge is 0.298 e. The van der Waals surface area contributed by atoms with Crippen LogP contribution in [0.25, 0.3) is 0 Å². The van der Waals surface area contributed by atoms with Crippen molar-refractivity contribution in [2.45, 2.75) is 6.18 Å². The fourth-order valence-corrected chi connectivity index (χ4v) is 1.77. The predicted octanol–water partition coefficient (Wildman–Crippen LogP) is 1.05. The summed E-state index contributed by atoms with van der Waals surface area (Å²) in [5.41, 5.74) is 1.57. The van der Waals surface area contributed by atoms with E-state index in [1.807, 2.05) is 0 Å². The minimum Gasteiger partial charge on any atom is -0.298 e. The molecule has 0 heterocycles. The zero-order valence-electron chi connectivity index (χ0n) is 9.68. The molecule has 0 fully saturated rings. The average Bonchev–Trinajstić information content (AvgIpc) is 2.33. The SMILES string of the molecule is O=Cc1ccc(C(=O)NOS(=O)(=O)CC(F)(F)F)cc1. The van der Waals surface area contributed by atoms with E-state index in [-0.39, 0.29) is 11.1 Å². The van der Waals surface area contributed by atoms with Crippen LogP contribution in [0.1, 0.15) is 20.7 Å². The third-order valence-corrected chi connectivity index (χ3v) is 2.93. The summed E-state index contributed by atoms with van der Waals surface area (Å²) < 4.78 is 61.2. The van der Waals surface area contributed by atoms with E-state index in [1.165, 1.54) is 29.7 Å². The lowest BCUT2D eigenvalue weighted by Crippen LogP contribution is -2.32. The van der Waals surface area contributed by atoms with Crippen LogP contribution in [0.15, 0.2) is 24.3 Å². The normalized spacial score (nSPS) is 11.9. The molecule has 0 aliphatic carbocycles. The van der Waals surface area contributed by atoms with Crippen molar-refractivity contribution in [3.05, 3.63) is 35.4 Å². The first-order valence-corrected chi connectivity index (χ1v) is 6.54. The summed E-state index contributed by atoms with van der Waals surface area (Å²) in [6.45, 7) is 0. The Balaban J connectivity index is 2.65. The Kier molecular flexibility index (Phi) is 4.84. The van der Waals surface area contributed by atoms with E-state index in [9.17, 15) is 31.2 Å². The maximum absolute atomic E-state index is 11.9. The summed E-state index contributed by atoms with van der Waals surface area (Å²) in [5, 5.41) is 0. The van der Waals surface area contributed by atoms with Crippen molar-refractivity contribution < 1.29 is 35.5 Å². The average molecular weight is 311 g/mol. The zero-order valence-corrected chi connectivity index (χ0v) is 10.5. The number of benzene rings is 1. The number of halogens is 3. The first-order chi connectivity index (χ1) is 9.13. The van der Waals surface area contributed by atoms with Crippen LogP contribution in [0.2, 0.25) is 0 Å². The number of carbonyl (C=O) groups excluding carboxylic acids is 2. The van der Waals surface area contributed by atoms with Gasteiger partial charge >= 0.3 is 6.18 Å². The Hall–Kier alpha value is -1.94. The second-order valence-electron chi connectivity index (χ2n) is 3.57. The van der Waals surface area contributed by atoms with E-state index in [4.69, 9.17) is 0 Å². The number of hydrogen-bond acceptors (Lipinski definition) is 5. The molecule has 0 unspecified atom stereocenters. The molecule has 0 atom stereocenters. The molecule has 6 nitrogen and oxygen atoms in total. The van der Waals surface area contributed by atoms with Gasteiger partial charge in [-0.2, -0.15) is 21.6 Å². The van der Waals surface area contributed by atoms with Gasteiger partial charge in [0, 0.05) is 11.1 Å². The number of hydrogen-bond donors (Lipinski definition) is 1. The van der Waals surface area contributed by atoms with Crippen molar-refractivity contribution in [2.24, 2.45) is 0 Å². The minimum atomic E-state index is -4.98. The number of amides is 1. The molecule has 1 aromatic carbocycles. The van der Waals surface area contributed by atoms with Crippen molar-refractivity contribution >= 4 is 22.3 Å². The summed E-state index contributed by atoms with van der Waals surface area (Å²) in [7, 11) is -4.97. The van der Waals surface area contributed by atoms with Crippen molar-refractivity contribution in [1.29, 1.82) is 0 Å². The van der Waals surface area contributed by atoms with Gasteiger partial charge in [-0.05, 0) is 12.1 Å². The quantitative estimate of drug-likeness (QED) is 0.648. The van der Waals surface area contributed by atoms with Crippen LogP contribution >= 0.6 is 0 Å². The van der Waals surface area contributed by atoms with Gasteiger partial charge < -0.3 is 0 Å². The van der Waals surface area contributed by atoms with E-state index in [0.29, 0.717) is 6.29 Å².